The first-order valence-corrected chi connectivity index (χ1v) is 8.99. The summed E-state index contributed by atoms with van der Waals surface area (Å²) in [7, 11) is 2.30. The first-order chi connectivity index (χ1) is 9.31. The molecule has 0 radical (unpaired) electrons. The normalized spacial score (nSPS) is 28.3. The fraction of sp³-hybridized carbons (Fsp3) is 1.00. The van der Waals surface area contributed by atoms with Gasteiger partial charge in [-0.2, -0.15) is 0 Å². The minimum absolute atomic E-state index is 0.737. The third-order valence-electron chi connectivity index (χ3n) is 5.71. The quantitative estimate of drug-likeness (QED) is 0.567. The van der Waals surface area contributed by atoms with E-state index >= 15 is 0 Å². The van der Waals surface area contributed by atoms with Gasteiger partial charge in [-0.3, -0.25) is 0 Å². The van der Waals surface area contributed by atoms with Crippen LogP contribution in [0.5, 0.6) is 0 Å². The summed E-state index contributed by atoms with van der Waals surface area (Å²) in [6, 6.07) is 0. The third kappa shape index (κ3) is 5.45. The second kappa shape index (κ2) is 8.29. The predicted molar refractivity (Wildman–Crippen MR) is 84.6 cm³/mol. The Morgan fingerprint density at radius 2 is 0.895 bits per heavy atom. The van der Waals surface area contributed by atoms with Gasteiger partial charge in [-0.15, -0.1) is 0 Å². The maximum atomic E-state index is 2.53. The highest BCUT2D eigenvalue weighted by Gasteiger charge is 2.32. The van der Waals surface area contributed by atoms with Crippen LogP contribution in [0.4, 0.5) is 0 Å². The van der Waals surface area contributed by atoms with E-state index in [1.807, 2.05) is 0 Å². The van der Waals surface area contributed by atoms with Crippen LogP contribution in [0.25, 0.3) is 0 Å². The van der Waals surface area contributed by atoms with Crippen LogP contribution in [0, 0.1) is 5.41 Å². The smallest absolute Gasteiger partial charge is 0.00165 e. The number of rotatable bonds is 0. The lowest BCUT2D eigenvalue weighted by atomic mass is 9.71. The summed E-state index contributed by atoms with van der Waals surface area (Å²) in [5.41, 5.74) is 0.737. The zero-order chi connectivity index (χ0) is 13.4. The van der Waals surface area contributed by atoms with E-state index in [1.165, 1.54) is 103 Å². The Morgan fingerprint density at radius 3 is 1.32 bits per heavy atom. The molecule has 19 heavy (non-hydrogen) atoms. The van der Waals surface area contributed by atoms with Gasteiger partial charge in [-0.25, -0.2) is 0 Å². The summed E-state index contributed by atoms with van der Waals surface area (Å²) in [4.78, 5) is 2.53. The van der Waals surface area contributed by atoms with Gasteiger partial charge in [-0.05, 0) is 51.2 Å². The average molecular weight is 265 g/mol. The van der Waals surface area contributed by atoms with Crippen molar-refractivity contribution in [2.45, 2.75) is 89.9 Å². The van der Waals surface area contributed by atoms with Crippen molar-refractivity contribution in [3.63, 3.8) is 0 Å². The van der Waals surface area contributed by atoms with E-state index < -0.39 is 0 Å². The van der Waals surface area contributed by atoms with Gasteiger partial charge in [0.25, 0.3) is 0 Å². The molecule has 0 aromatic carbocycles. The molecule has 0 N–H and O–H groups in total. The molecule has 112 valence electrons. The Balaban J connectivity index is 1.83. The van der Waals surface area contributed by atoms with Crippen molar-refractivity contribution in [1.82, 2.24) is 4.90 Å². The minimum Gasteiger partial charge on any atom is -0.306 e. The van der Waals surface area contributed by atoms with Gasteiger partial charge < -0.3 is 4.90 Å². The molecule has 2 aliphatic rings. The number of nitrogens with zero attached hydrogens (tertiary/aromatic N) is 1. The molecule has 2 fully saturated rings. The minimum atomic E-state index is 0.737. The zero-order valence-corrected chi connectivity index (χ0v) is 13.3. The van der Waals surface area contributed by atoms with Crippen LogP contribution in [-0.4, -0.2) is 25.0 Å². The van der Waals surface area contributed by atoms with E-state index in [0.29, 0.717) is 0 Å². The Labute approximate surface area is 121 Å². The Kier molecular flexibility index (Phi) is 6.70. The maximum Gasteiger partial charge on any atom is -0.00165 e. The molecule has 1 nitrogen and oxygen atoms in total. The second-order valence-corrected chi connectivity index (χ2v) is 7.34. The summed E-state index contributed by atoms with van der Waals surface area (Å²) in [6.45, 7) is 2.69. The number of hydrogen-bond acceptors (Lipinski definition) is 1. The lowest BCUT2D eigenvalue weighted by Gasteiger charge is -2.41. The van der Waals surface area contributed by atoms with Crippen LogP contribution < -0.4 is 0 Å². The van der Waals surface area contributed by atoms with Gasteiger partial charge in [0.05, 0.1) is 0 Å². The first kappa shape index (κ1) is 15.4. The molecule has 1 saturated carbocycles. The largest absolute Gasteiger partial charge is 0.306 e. The van der Waals surface area contributed by atoms with Crippen molar-refractivity contribution in [2.24, 2.45) is 5.41 Å². The molecule has 1 heteroatoms. The maximum absolute atomic E-state index is 2.53. The molecular formula is C18H35N. The molecule has 1 aliphatic heterocycles. The van der Waals surface area contributed by atoms with Crippen LogP contribution in [-0.2, 0) is 0 Å². The summed E-state index contributed by atoms with van der Waals surface area (Å²) < 4.78 is 0. The molecule has 0 unspecified atom stereocenters. The highest BCUT2D eigenvalue weighted by Crippen LogP contribution is 2.41. The predicted octanol–water partition coefficient (Wildman–Crippen LogP) is 5.39. The lowest BCUT2D eigenvalue weighted by molar-refractivity contribution is 0.0962. The fourth-order valence-corrected chi connectivity index (χ4v) is 4.13. The van der Waals surface area contributed by atoms with E-state index in [2.05, 4.69) is 11.9 Å². The highest BCUT2D eigenvalue weighted by atomic mass is 15.1. The van der Waals surface area contributed by atoms with Crippen molar-refractivity contribution in [1.29, 1.82) is 0 Å². The molecule has 2 rings (SSSR count). The Bertz CT molecular complexity index is 212. The van der Waals surface area contributed by atoms with Crippen LogP contribution in [0.1, 0.15) is 89.9 Å². The summed E-state index contributed by atoms with van der Waals surface area (Å²) >= 11 is 0. The summed E-state index contributed by atoms with van der Waals surface area (Å²) in [5.74, 6) is 0. The van der Waals surface area contributed by atoms with Crippen molar-refractivity contribution >= 4 is 0 Å². The van der Waals surface area contributed by atoms with E-state index in [-0.39, 0.29) is 0 Å². The molecular weight excluding hydrogens is 230 g/mol. The van der Waals surface area contributed by atoms with Gasteiger partial charge in [0.1, 0.15) is 0 Å². The van der Waals surface area contributed by atoms with E-state index in [4.69, 9.17) is 0 Å². The second-order valence-electron chi connectivity index (χ2n) is 7.34. The van der Waals surface area contributed by atoms with E-state index in [9.17, 15) is 0 Å². The SMILES string of the molecule is CN1CCC2(CCCCCCCCCCCC2)CC1. The third-order valence-corrected chi connectivity index (χ3v) is 5.71. The van der Waals surface area contributed by atoms with Crippen molar-refractivity contribution < 1.29 is 0 Å². The van der Waals surface area contributed by atoms with Gasteiger partial charge >= 0.3 is 0 Å². The summed E-state index contributed by atoms with van der Waals surface area (Å²) in [6.07, 6.45) is 21.0. The molecule has 0 bridgehead atoms. The zero-order valence-electron chi connectivity index (χ0n) is 13.3. The number of likely N-dealkylation sites (tertiary alicyclic amines) is 1. The standard InChI is InChI=1S/C18H35N/c1-19-16-14-18(15-17-19)12-10-8-6-4-2-3-5-7-9-11-13-18/h2-17H2,1H3. The van der Waals surface area contributed by atoms with Gasteiger partial charge in [0.15, 0.2) is 0 Å². The number of piperidine rings is 1. The van der Waals surface area contributed by atoms with Crippen LogP contribution in [0.3, 0.4) is 0 Å². The van der Waals surface area contributed by atoms with Crippen LogP contribution in [0.15, 0.2) is 0 Å². The molecule has 1 saturated heterocycles. The molecule has 1 heterocycles. The topological polar surface area (TPSA) is 3.24 Å². The van der Waals surface area contributed by atoms with E-state index in [0.717, 1.165) is 5.41 Å². The molecule has 0 aromatic rings. The highest BCUT2D eigenvalue weighted by molar-refractivity contribution is 4.85. The molecule has 1 aliphatic carbocycles. The Morgan fingerprint density at radius 1 is 0.526 bits per heavy atom. The van der Waals surface area contributed by atoms with Crippen molar-refractivity contribution in [3.8, 4) is 0 Å². The first-order valence-electron chi connectivity index (χ1n) is 8.99. The van der Waals surface area contributed by atoms with Crippen molar-refractivity contribution in [3.05, 3.63) is 0 Å². The van der Waals surface area contributed by atoms with Crippen molar-refractivity contribution in [2.75, 3.05) is 20.1 Å². The fourth-order valence-electron chi connectivity index (χ4n) is 4.13. The average Bonchev–Trinajstić information content (AvgIpc) is 2.44. The summed E-state index contributed by atoms with van der Waals surface area (Å²) in [5, 5.41) is 0. The lowest BCUT2D eigenvalue weighted by Crippen LogP contribution is -2.38. The van der Waals surface area contributed by atoms with Gasteiger partial charge in [0.2, 0.25) is 0 Å². The van der Waals surface area contributed by atoms with Gasteiger partial charge in [0, 0.05) is 0 Å². The van der Waals surface area contributed by atoms with Gasteiger partial charge in [-0.1, -0.05) is 64.2 Å². The molecule has 0 amide bonds. The molecule has 0 atom stereocenters. The molecule has 1 spiro atoms. The van der Waals surface area contributed by atoms with E-state index in [1.54, 1.807) is 0 Å². The molecule has 0 aromatic heterocycles. The Hall–Kier alpha value is -0.0400. The number of hydrogen-bond donors (Lipinski definition) is 0. The van der Waals surface area contributed by atoms with Crippen LogP contribution >= 0.6 is 0 Å². The monoisotopic (exact) mass is 265 g/mol. The van der Waals surface area contributed by atoms with Crippen LogP contribution in [0.2, 0.25) is 0 Å².